The minimum Gasteiger partial charge on any atom is -0.406 e. The van der Waals surface area contributed by atoms with Crippen molar-refractivity contribution in [2.75, 3.05) is 19.6 Å². The molecule has 1 aromatic carbocycles. The first-order valence-corrected chi connectivity index (χ1v) is 11.6. The first-order valence-electron chi connectivity index (χ1n) is 11.6. The van der Waals surface area contributed by atoms with Crippen molar-refractivity contribution in [2.24, 2.45) is 5.41 Å². The number of urea groups is 1. The number of carbonyl (C=O) groups excluding carboxylic acids is 3. The van der Waals surface area contributed by atoms with Crippen molar-refractivity contribution in [3.8, 4) is 5.75 Å². The molecule has 12 heteroatoms. The maximum Gasteiger partial charge on any atom is 0.573 e. The van der Waals surface area contributed by atoms with Gasteiger partial charge in [0.05, 0.1) is 6.04 Å². The molecule has 0 radical (unpaired) electrons. The van der Waals surface area contributed by atoms with Gasteiger partial charge in [-0.05, 0) is 25.3 Å². The zero-order valence-corrected chi connectivity index (χ0v) is 19.3. The number of carbonyl (C=O) groups is 3. The van der Waals surface area contributed by atoms with E-state index < -0.39 is 29.4 Å². The van der Waals surface area contributed by atoms with E-state index in [0.29, 0.717) is 38.5 Å². The van der Waals surface area contributed by atoms with Crippen molar-refractivity contribution >= 4 is 17.8 Å². The van der Waals surface area contributed by atoms with Gasteiger partial charge in [0.15, 0.2) is 0 Å². The number of amides is 4. The molecule has 4 amide bonds. The van der Waals surface area contributed by atoms with E-state index in [1.165, 1.54) is 0 Å². The van der Waals surface area contributed by atoms with Crippen molar-refractivity contribution in [1.29, 1.82) is 0 Å². The molecule has 2 aliphatic heterocycles. The number of halogens is 4. The van der Waals surface area contributed by atoms with Gasteiger partial charge in [0.2, 0.25) is 11.8 Å². The first kappa shape index (κ1) is 25.1. The zero-order valence-electron chi connectivity index (χ0n) is 19.3. The number of hydrogen-bond acceptors (Lipinski definition) is 4. The summed E-state index contributed by atoms with van der Waals surface area (Å²) < 4.78 is 55.1. The van der Waals surface area contributed by atoms with E-state index in [2.05, 4.69) is 15.4 Å². The Hall–Kier alpha value is -3.05. The van der Waals surface area contributed by atoms with Crippen molar-refractivity contribution in [2.45, 2.75) is 64.0 Å². The maximum atomic E-state index is 14.3. The van der Waals surface area contributed by atoms with Gasteiger partial charge in [0.25, 0.3) is 0 Å². The molecule has 2 atom stereocenters. The van der Waals surface area contributed by atoms with Gasteiger partial charge < -0.3 is 25.2 Å². The molecule has 2 N–H and O–H groups in total. The highest BCUT2D eigenvalue weighted by atomic mass is 19.4. The predicted molar refractivity (Wildman–Crippen MR) is 116 cm³/mol. The average Bonchev–Trinajstić information content (AvgIpc) is 3.54. The van der Waals surface area contributed by atoms with Gasteiger partial charge in [-0.3, -0.25) is 9.59 Å². The Morgan fingerprint density at radius 1 is 1.29 bits per heavy atom. The van der Waals surface area contributed by atoms with Crippen molar-refractivity contribution in [1.82, 2.24) is 20.4 Å². The number of nitrogens with one attached hydrogen (secondary N) is 2. The monoisotopic (exact) mass is 500 g/mol. The van der Waals surface area contributed by atoms with Crippen LogP contribution in [0.5, 0.6) is 5.75 Å². The lowest BCUT2D eigenvalue weighted by molar-refractivity contribution is -0.274. The van der Waals surface area contributed by atoms with Crippen LogP contribution in [0.3, 0.4) is 0 Å². The number of likely N-dealkylation sites (tertiary alicyclic amines) is 1. The Morgan fingerprint density at radius 2 is 2.03 bits per heavy atom. The molecule has 1 aromatic rings. The van der Waals surface area contributed by atoms with Crippen LogP contribution in [0.25, 0.3) is 0 Å². The largest absolute Gasteiger partial charge is 0.573 e. The summed E-state index contributed by atoms with van der Waals surface area (Å²) in [7, 11) is 0. The van der Waals surface area contributed by atoms with Gasteiger partial charge in [-0.25, -0.2) is 9.18 Å². The standard InChI is InChI=1S/C23H28F4N4O4/c1-2-20(33)30-11-16(8-22(13-30)9-19(32)29-12-22)31(15-4-5-15)21(34)28-10-14-3-6-17(7-18(14)24)35-23(25,26)27/h3,6-7,15-16H,2,4-5,8-13H2,1H3,(H,28,34)(H,29,32)/t16-,22?/m1/s1. The molecule has 2 heterocycles. The summed E-state index contributed by atoms with van der Waals surface area (Å²) in [6.07, 6.45) is -2.18. The molecule has 1 saturated carbocycles. The number of alkyl halides is 3. The third kappa shape index (κ3) is 5.96. The topological polar surface area (TPSA) is 91.0 Å². The Kier molecular flexibility index (Phi) is 6.83. The minimum absolute atomic E-state index is 0.0112. The van der Waals surface area contributed by atoms with Gasteiger partial charge in [-0.15, -0.1) is 13.2 Å². The van der Waals surface area contributed by atoms with E-state index in [-0.39, 0.29) is 42.4 Å². The molecule has 2 saturated heterocycles. The van der Waals surface area contributed by atoms with Gasteiger partial charge in [-0.2, -0.15) is 0 Å². The lowest BCUT2D eigenvalue weighted by atomic mass is 9.76. The fourth-order valence-electron chi connectivity index (χ4n) is 5.07. The van der Waals surface area contributed by atoms with Crippen LogP contribution in [0.4, 0.5) is 22.4 Å². The summed E-state index contributed by atoms with van der Waals surface area (Å²) >= 11 is 0. The molecule has 1 aliphatic carbocycles. The molecular weight excluding hydrogens is 472 g/mol. The second-order valence-corrected chi connectivity index (χ2v) is 9.54. The number of piperidine rings is 1. The maximum absolute atomic E-state index is 14.3. The van der Waals surface area contributed by atoms with E-state index in [4.69, 9.17) is 0 Å². The van der Waals surface area contributed by atoms with E-state index in [1.54, 1.807) is 16.7 Å². The molecule has 192 valence electrons. The molecule has 35 heavy (non-hydrogen) atoms. The molecule has 0 aromatic heterocycles. The molecule has 3 fully saturated rings. The number of rotatable bonds is 6. The van der Waals surface area contributed by atoms with Gasteiger partial charge in [0, 0.05) is 62.1 Å². The van der Waals surface area contributed by atoms with E-state index in [1.807, 2.05) is 0 Å². The minimum atomic E-state index is -4.93. The SMILES string of the molecule is CCC(=O)N1C[C@H](N(C(=O)NCc2ccc(OC(F)(F)F)cc2F)C2CC2)CC2(CNC(=O)C2)C1. The number of ether oxygens (including phenoxy) is 1. The lowest BCUT2D eigenvalue weighted by Gasteiger charge is -2.47. The Bertz CT molecular complexity index is 1000. The summed E-state index contributed by atoms with van der Waals surface area (Å²) in [6.45, 7) is 2.78. The number of benzene rings is 1. The molecule has 4 rings (SSSR count). The van der Waals surface area contributed by atoms with E-state index >= 15 is 0 Å². The van der Waals surface area contributed by atoms with Crippen LogP contribution >= 0.6 is 0 Å². The normalized spacial score (nSPS) is 24.3. The summed E-state index contributed by atoms with van der Waals surface area (Å²) in [5.74, 6) is -1.74. The molecular formula is C23H28F4N4O4. The van der Waals surface area contributed by atoms with Crippen LogP contribution in [0.1, 0.15) is 44.6 Å². The molecule has 1 unspecified atom stereocenters. The summed E-state index contributed by atoms with van der Waals surface area (Å²) in [5.41, 5.74) is -0.435. The van der Waals surface area contributed by atoms with Crippen LogP contribution in [0.2, 0.25) is 0 Å². The summed E-state index contributed by atoms with van der Waals surface area (Å²) in [4.78, 5) is 41.2. The van der Waals surface area contributed by atoms with Crippen LogP contribution < -0.4 is 15.4 Å². The Morgan fingerprint density at radius 3 is 2.60 bits per heavy atom. The van der Waals surface area contributed by atoms with Crippen molar-refractivity contribution < 1.29 is 36.7 Å². The van der Waals surface area contributed by atoms with E-state index in [9.17, 15) is 31.9 Å². The first-order chi connectivity index (χ1) is 16.5. The number of hydrogen-bond donors (Lipinski definition) is 2. The molecule has 8 nitrogen and oxygen atoms in total. The quantitative estimate of drug-likeness (QED) is 0.588. The smallest absolute Gasteiger partial charge is 0.406 e. The third-order valence-corrected chi connectivity index (χ3v) is 6.73. The molecule has 0 bridgehead atoms. The lowest BCUT2D eigenvalue weighted by Crippen LogP contribution is -2.60. The van der Waals surface area contributed by atoms with Crippen LogP contribution in [-0.4, -0.2) is 65.7 Å². The van der Waals surface area contributed by atoms with Crippen LogP contribution in [-0.2, 0) is 16.1 Å². The van der Waals surface area contributed by atoms with Crippen LogP contribution in [0.15, 0.2) is 18.2 Å². The highest BCUT2D eigenvalue weighted by Gasteiger charge is 2.50. The Balaban J connectivity index is 1.46. The van der Waals surface area contributed by atoms with Gasteiger partial charge in [0.1, 0.15) is 11.6 Å². The average molecular weight is 500 g/mol. The van der Waals surface area contributed by atoms with Gasteiger partial charge >= 0.3 is 12.4 Å². The summed E-state index contributed by atoms with van der Waals surface area (Å²) in [5, 5.41) is 5.51. The second kappa shape index (κ2) is 9.54. The van der Waals surface area contributed by atoms with Crippen LogP contribution in [0, 0.1) is 11.2 Å². The fourth-order valence-corrected chi connectivity index (χ4v) is 5.07. The summed E-state index contributed by atoms with van der Waals surface area (Å²) in [6, 6.07) is 1.96. The zero-order chi connectivity index (χ0) is 25.4. The molecule has 3 aliphatic rings. The predicted octanol–water partition coefficient (Wildman–Crippen LogP) is 2.92. The Labute approximate surface area is 199 Å². The number of nitrogens with zero attached hydrogens (tertiary/aromatic N) is 2. The van der Waals surface area contributed by atoms with Crippen molar-refractivity contribution in [3.05, 3.63) is 29.6 Å². The molecule has 1 spiro atoms. The van der Waals surface area contributed by atoms with Gasteiger partial charge in [-0.1, -0.05) is 13.0 Å². The second-order valence-electron chi connectivity index (χ2n) is 9.54. The van der Waals surface area contributed by atoms with Crippen molar-refractivity contribution in [3.63, 3.8) is 0 Å². The van der Waals surface area contributed by atoms with E-state index in [0.717, 1.165) is 25.0 Å². The fraction of sp³-hybridized carbons (Fsp3) is 0.609. The highest BCUT2D eigenvalue weighted by Crippen LogP contribution is 2.41. The third-order valence-electron chi connectivity index (χ3n) is 6.73. The highest BCUT2D eigenvalue weighted by molar-refractivity contribution is 5.81.